The number of hydrogen-bond acceptors (Lipinski definition) is 2. The zero-order chi connectivity index (χ0) is 14.6. The molecule has 0 amide bonds. The lowest BCUT2D eigenvalue weighted by molar-refractivity contribution is 0.483. The summed E-state index contributed by atoms with van der Waals surface area (Å²) in [5, 5.41) is 1.92. The molecule has 0 aromatic heterocycles. The maximum absolute atomic E-state index is 11.2. The quantitative estimate of drug-likeness (QED) is 0.641. The van der Waals surface area contributed by atoms with Crippen LogP contribution < -0.4 is 0 Å². The van der Waals surface area contributed by atoms with Crippen molar-refractivity contribution in [3.8, 4) is 0 Å². The van der Waals surface area contributed by atoms with E-state index in [2.05, 4.69) is 13.0 Å². The molecule has 4 heteroatoms. The lowest BCUT2D eigenvalue weighted by atomic mass is 9.99. The lowest BCUT2D eigenvalue weighted by Crippen LogP contribution is -1.98. The van der Waals surface area contributed by atoms with Crippen LogP contribution in [0.2, 0.25) is 0 Å². The topological polar surface area (TPSA) is 54.4 Å². The number of hydrogen-bond donors (Lipinski definition) is 1. The van der Waals surface area contributed by atoms with Crippen molar-refractivity contribution in [2.75, 3.05) is 0 Å². The summed E-state index contributed by atoms with van der Waals surface area (Å²) < 4.78 is 31.4. The summed E-state index contributed by atoms with van der Waals surface area (Å²) in [4.78, 5) is -0.0480. The van der Waals surface area contributed by atoms with Gasteiger partial charge in [0.05, 0.1) is 4.90 Å². The Bertz CT molecular complexity index is 690. The van der Waals surface area contributed by atoms with Crippen LogP contribution in [0.15, 0.2) is 41.3 Å². The molecule has 0 fully saturated rings. The Hall–Kier alpha value is -1.39. The Balaban J connectivity index is 2.29. The van der Waals surface area contributed by atoms with E-state index in [1.807, 2.05) is 12.1 Å². The highest BCUT2D eigenvalue weighted by molar-refractivity contribution is 7.85. The zero-order valence-corrected chi connectivity index (χ0v) is 12.5. The average Bonchev–Trinajstić information content (AvgIpc) is 2.42. The molecule has 0 radical (unpaired) electrons. The van der Waals surface area contributed by atoms with Crippen LogP contribution in [-0.4, -0.2) is 13.0 Å². The van der Waals surface area contributed by atoms with E-state index in [1.54, 1.807) is 6.07 Å². The number of unbranched alkanes of at least 4 members (excludes halogenated alkanes) is 3. The molecule has 0 spiro atoms. The van der Waals surface area contributed by atoms with Crippen molar-refractivity contribution in [2.45, 2.75) is 43.9 Å². The number of aryl methyl sites for hydroxylation is 1. The molecule has 2 aromatic rings. The van der Waals surface area contributed by atoms with Gasteiger partial charge in [-0.15, -0.1) is 0 Å². The van der Waals surface area contributed by atoms with Crippen LogP contribution in [0.4, 0.5) is 0 Å². The van der Waals surface area contributed by atoms with Crippen LogP contribution in [0, 0.1) is 0 Å². The van der Waals surface area contributed by atoms with Gasteiger partial charge in [0.25, 0.3) is 10.1 Å². The van der Waals surface area contributed by atoms with Crippen molar-refractivity contribution >= 4 is 20.9 Å². The summed E-state index contributed by atoms with van der Waals surface area (Å²) in [6, 6.07) is 10.7. The van der Waals surface area contributed by atoms with Gasteiger partial charge < -0.3 is 0 Å². The first kappa shape index (κ1) is 15.0. The normalized spacial score (nSPS) is 11.9. The third-order valence-corrected chi connectivity index (χ3v) is 4.39. The molecule has 0 aliphatic rings. The summed E-state index contributed by atoms with van der Waals surface area (Å²) in [6.45, 7) is 2.19. The van der Waals surface area contributed by atoms with E-state index in [-0.39, 0.29) is 4.90 Å². The smallest absolute Gasteiger partial charge is 0.282 e. The van der Waals surface area contributed by atoms with Gasteiger partial charge in [0.15, 0.2) is 0 Å². The van der Waals surface area contributed by atoms with E-state index < -0.39 is 10.1 Å². The first-order valence-electron chi connectivity index (χ1n) is 7.01. The highest BCUT2D eigenvalue weighted by atomic mass is 32.2. The van der Waals surface area contributed by atoms with Gasteiger partial charge in [-0.2, -0.15) is 8.42 Å². The Morgan fingerprint density at radius 1 is 1.05 bits per heavy atom. The van der Waals surface area contributed by atoms with Gasteiger partial charge in [-0.3, -0.25) is 4.55 Å². The standard InChI is InChI=1S/C16H20O3S/c1-2-3-4-5-7-13-8-6-9-14-12-15(20(17,18)19)10-11-16(13)14/h6,8-12H,2-5,7H2,1H3,(H,17,18,19). The Morgan fingerprint density at radius 3 is 2.55 bits per heavy atom. The largest absolute Gasteiger partial charge is 0.294 e. The molecule has 2 aromatic carbocycles. The predicted octanol–water partition coefficient (Wildman–Crippen LogP) is 4.21. The molecular formula is C16H20O3S. The highest BCUT2D eigenvalue weighted by Crippen LogP contribution is 2.24. The van der Waals surface area contributed by atoms with Crippen molar-refractivity contribution in [1.29, 1.82) is 0 Å². The van der Waals surface area contributed by atoms with Crippen molar-refractivity contribution in [3.05, 3.63) is 42.0 Å². The van der Waals surface area contributed by atoms with Gasteiger partial charge in [0.2, 0.25) is 0 Å². The molecule has 0 saturated carbocycles. The van der Waals surface area contributed by atoms with Gasteiger partial charge in [0, 0.05) is 0 Å². The summed E-state index contributed by atoms with van der Waals surface area (Å²) in [7, 11) is -4.13. The Morgan fingerprint density at radius 2 is 1.85 bits per heavy atom. The highest BCUT2D eigenvalue weighted by Gasteiger charge is 2.10. The molecule has 0 aliphatic heterocycles. The van der Waals surface area contributed by atoms with Crippen molar-refractivity contribution < 1.29 is 13.0 Å². The zero-order valence-electron chi connectivity index (χ0n) is 11.7. The van der Waals surface area contributed by atoms with Gasteiger partial charge >= 0.3 is 0 Å². The van der Waals surface area contributed by atoms with Crippen LogP contribution in [0.5, 0.6) is 0 Å². The third-order valence-electron chi connectivity index (χ3n) is 3.54. The molecule has 3 nitrogen and oxygen atoms in total. The number of benzene rings is 2. The van der Waals surface area contributed by atoms with Crippen LogP contribution in [0.3, 0.4) is 0 Å². The second-order valence-electron chi connectivity index (χ2n) is 5.09. The molecule has 2 rings (SSSR count). The monoisotopic (exact) mass is 292 g/mol. The first-order chi connectivity index (χ1) is 9.52. The summed E-state index contributed by atoms with van der Waals surface area (Å²) in [5.41, 5.74) is 1.24. The van der Waals surface area contributed by atoms with Crippen LogP contribution >= 0.6 is 0 Å². The fraction of sp³-hybridized carbons (Fsp3) is 0.375. The summed E-state index contributed by atoms with van der Waals surface area (Å²) in [6.07, 6.45) is 5.83. The second kappa shape index (κ2) is 6.37. The van der Waals surface area contributed by atoms with E-state index in [0.29, 0.717) is 0 Å². The molecule has 20 heavy (non-hydrogen) atoms. The van der Waals surface area contributed by atoms with Gasteiger partial charge in [0.1, 0.15) is 0 Å². The predicted molar refractivity (Wildman–Crippen MR) is 81.6 cm³/mol. The molecule has 0 unspecified atom stereocenters. The molecule has 0 heterocycles. The molecule has 108 valence electrons. The molecular weight excluding hydrogens is 272 g/mol. The van der Waals surface area contributed by atoms with E-state index in [0.717, 1.165) is 23.6 Å². The van der Waals surface area contributed by atoms with Crippen LogP contribution in [0.1, 0.15) is 38.2 Å². The van der Waals surface area contributed by atoms with E-state index in [4.69, 9.17) is 4.55 Å². The van der Waals surface area contributed by atoms with E-state index in [9.17, 15) is 8.42 Å². The maximum atomic E-state index is 11.2. The molecule has 0 aliphatic carbocycles. The van der Waals surface area contributed by atoms with Gasteiger partial charge in [-0.05, 0) is 41.3 Å². The third kappa shape index (κ3) is 3.58. The van der Waals surface area contributed by atoms with Crippen molar-refractivity contribution in [2.24, 2.45) is 0 Å². The molecule has 1 N–H and O–H groups in total. The second-order valence-corrected chi connectivity index (χ2v) is 6.51. The van der Waals surface area contributed by atoms with Gasteiger partial charge in [-0.1, -0.05) is 50.5 Å². The Kier molecular flexibility index (Phi) is 4.78. The molecule has 0 atom stereocenters. The number of rotatable bonds is 6. The Labute approximate surface area is 120 Å². The summed E-state index contributed by atoms with van der Waals surface area (Å²) in [5.74, 6) is 0. The molecule has 0 saturated heterocycles. The SMILES string of the molecule is CCCCCCc1cccc2cc(S(=O)(=O)O)ccc12. The van der Waals surface area contributed by atoms with Gasteiger partial charge in [-0.25, -0.2) is 0 Å². The molecule has 0 bridgehead atoms. The minimum absolute atomic E-state index is 0.0480. The average molecular weight is 292 g/mol. The fourth-order valence-electron chi connectivity index (χ4n) is 2.45. The minimum Gasteiger partial charge on any atom is -0.282 e. The minimum atomic E-state index is -4.13. The summed E-state index contributed by atoms with van der Waals surface area (Å²) >= 11 is 0. The van der Waals surface area contributed by atoms with Crippen LogP contribution in [0.25, 0.3) is 10.8 Å². The van der Waals surface area contributed by atoms with E-state index in [1.165, 1.54) is 37.0 Å². The number of fused-ring (bicyclic) bond motifs is 1. The van der Waals surface area contributed by atoms with Crippen molar-refractivity contribution in [3.63, 3.8) is 0 Å². The maximum Gasteiger partial charge on any atom is 0.294 e. The van der Waals surface area contributed by atoms with E-state index >= 15 is 0 Å². The fourth-order valence-corrected chi connectivity index (χ4v) is 2.97. The van der Waals surface area contributed by atoms with Crippen LogP contribution in [-0.2, 0) is 16.5 Å². The lowest BCUT2D eigenvalue weighted by Gasteiger charge is -2.07. The van der Waals surface area contributed by atoms with Crippen molar-refractivity contribution in [1.82, 2.24) is 0 Å². The first-order valence-corrected chi connectivity index (χ1v) is 8.45.